The molecule has 0 amide bonds. The van der Waals surface area contributed by atoms with Gasteiger partial charge in [-0.3, -0.25) is 0 Å². The summed E-state index contributed by atoms with van der Waals surface area (Å²) in [5.41, 5.74) is 8.34. The van der Waals surface area contributed by atoms with Crippen LogP contribution < -0.4 is 15.4 Å². The van der Waals surface area contributed by atoms with Gasteiger partial charge in [0.1, 0.15) is 0 Å². The maximum Gasteiger partial charge on any atom is 0.240 e. The van der Waals surface area contributed by atoms with Crippen LogP contribution in [0, 0.1) is 0 Å². The van der Waals surface area contributed by atoms with E-state index in [1.807, 2.05) is 23.4 Å². The molecule has 2 aromatic rings. The first-order chi connectivity index (χ1) is 9.83. The molecule has 1 aromatic heterocycles. The van der Waals surface area contributed by atoms with Gasteiger partial charge in [-0.2, -0.15) is 0 Å². The van der Waals surface area contributed by atoms with E-state index in [0.717, 1.165) is 9.35 Å². The lowest BCUT2D eigenvalue weighted by Crippen LogP contribution is -2.21. The summed E-state index contributed by atoms with van der Waals surface area (Å²) >= 11 is 5.04. The number of sulfonamides is 1. The van der Waals surface area contributed by atoms with E-state index in [1.54, 1.807) is 23.5 Å². The van der Waals surface area contributed by atoms with Crippen molar-refractivity contribution in [2.24, 2.45) is 0 Å². The molecule has 21 heavy (non-hydrogen) atoms. The number of nitrogens with zero attached hydrogens (tertiary/aromatic N) is 1. The van der Waals surface area contributed by atoms with Crippen molar-refractivity contribution >= 4 is 48.7 Å². The Bertz CT molecular complexity index is 744. The second-order valence-electron chi connectivity index (χ2n) is 4.54. The fourth-order valence-electron chi connectivity index (χ4n) is 1.93. The lowest BCUT2D eigenvalue weighted by atomic mass is 10.2. The average molecular weight is 390 g/mol. The highest BCUT2D eigenvalue weighted by Gasteiger charge is 2.15. The van der Waals surface area contributed by atoms with E-state index in [0.29, 0.717) is 17.9 Å². The van der Waals surface area contributed by atoms with Crippen LogP contribution in [0.25, 0.3) is 0 Å². The molecule has 0 fully saturated rings. The summed E-state index contributed by atoms with van der Waals surface area (Å²) in [5.74, 6) is 0. The quantitative estimate of drug-likeness (QED) is 0.770. The number of anilines is 2. The summed E-state index contributed by atoms with van der Waals surface area (Å²) in [5, 5.41) is 2.05. The van der Waals surface area contributed by atoms with Crippen LogP contribution >= 0.6 is 27.3 Å². The van der Waals surface area contributed by atoms with Crippen molar-refractivity contribution < 1.29 is 8.42 Å². The van der Waals surface area contributed by atoms with Gasteiger partial charge in [-0.25, -0.2) is 13.1 Å². The van der Waals surface area contributed by atoms with Crippen LogP contribution in [0.3, 0.4) is 0 Å². The predicted molar refractivity (Wildman–Crippen MR) is 91.2 cm³/mol. The van der Waals surface area contributed by atoms with Gasteiger partial charge in [0, 0.05) is 13.6 Å². The minimum absolute atomic E-state index is 0.201. The van der Waals surface area contributed by atoms with Crippen molar-refractivity contribution in [2.75, 3.05) is 24.7 Å². The molecule has 0 radical (unpaired) electrons. The van der Waals surface area contributed by atoms with Crippen LogP contribution in [0.1, 0.15) is 5.56 Å². The highest BCUT2D eigenvalue weighted by Crippen LogP contribution is 2.28. The highest BCUT2D eigenvalue weighted by molar-refractivity contribution is 9.11. The third kappa shape index (κ3) is 3.76. The summed E-state index contributed by atoms with van der Waals surface area (Å²) in [6.07, 6.45) is 0. The van der Waals surface area contributed by atoms with Crippen LogP contribution in [0.2, 0.25) is 0 Å². The minimum atomic E-state index is -3.48. The van der Waals surface area contributed by atoms with Gasteiger partial charge in [0.15, 0.2) is 0 Å². The molecule has 0 unspecified atom stereocenters. The Labute approximate surface area is 137 Å². The molecule has 2 rings (SSSR count). The Hall–Kier alpha value is -1.09. The molecule has 0 aliphatic carbocycles. The van der Waals surface area contributed by atoms with Crippen LogP contribution in [0.15, 0.2) is 38.3 Å². The summed E-state index contributed by atoms with van der Waals surface area (Å²) in [7, 11) is -0.209. The first-order valence-electron chi connectivity index (χ1n) is 6.10. The molecule has 0 bridgehead atoms. The molecule has 0 aliphatic heterocycles. The van der Waals surface area contributed by atoms with Crippen molar-refractivity contribution in [1.29, 1.82) is 0 Å². The number of rotatable bonds is 5. The van der Waals surface area contributed by atoms with E-state index < -0.39 is 10.0 Å². The highest BCUT2D eigenvalue weighted by atomic mass is 79.9. The first kappa shape index (κ1) is 16.3. The maximum absolute atomic E-state index is 11.9. The Balaban J connectivity index is 2.32. The van der Waals surface area contributed by atoms with Gasteiger partial charge in [-0.15, -0.1) is 11.3 Å². The van der Waals surface area contributed by atoms with Crippen molar-refractivity contribution in [3.05, 3.63) is 39.0 Å². The number of halogens is 1. The van der Waals surface area contributed by atoms with Gasteiger partial charge in [-0.05, 0) is 58.2 Å². The molecule has 0 aliphatic rings. The molecule has 3 N–H and O–H groups in total. The number of nitrogen functional groups attached to an aromatic ring is 1. The predicted octanol–water partition coefficient (Wildman–Crippen LogP) is 2.64. The summed E-state index contributed by atoms with van der Waals surface area (Å²) in [4.78, 5) is 2.13. The average Bonchev–Trinajstić information content (AvgIpc) is 2.84. The second kappa shape index (κ2) is 6.35. The van der Waals surface area contributed by atoms with Crippen molar-refractivity contribution in [1.82, 2.24) is 4.72 Å². The van der Waals surface area contributed by atoms with Gasteiger partial charge in [0.25, 0.3) is 0 Å². The normalized spacial score (nSPS) is 11.6. The molecular formula is C13H16BrN3O2S2. The van der Waals surface area contributed by atoms with Crippen molar-refractivity contribution in [3.8, 4) is 0 Å². The van der Waals surface area contributed by atoms with E-state index in [1.165, 1.54) is 13.1 Å². The zero-order valence-electron chi connectivity index (χ0n) is 11.6. The zero-order chi connectivity index (χ0) is 15.6. The standard InChI is InChI=1S/C13H16BrN3O2S2/c1-16-21(18,19)10-3-4-11(15)12(6-10)17(2)7-9-5-13(14)20-8-9/h3-6,8,16H,7,15H2,1-2H3. The molecule has 114 valence electrons. The Morgan fingerprint density at radius 3 is 2.67 bits per heavy atom. The van der Waals surface area contributed by atoms with E-state index in [9.17, 15) is 8.42 Å². The van der Waals surface area contributed by atoms with E-state index in [4.69, 9.17) is 5.73 Å². The molecule has 0 atom stereocenters. The number of nitrogens with two attached hydrogens (primary N) is 1. The molecule has 1 aromatic carbocycles. The monoisotopic (exact) mass is 389 g/mol. The van der Waals surface area contributed by atoms with Gasteiger partial charge in [-0.1, -0.05) is 0 Å². The fourth-order valence-corrected chi connectivity index (χ4v) is 3.88. The van der Waals surface area contributed by atoms with Gasteiger partial charge in [0.2, 0.25) is 10.0 Å². The van der Waals surface area contributed by atoms with Gasteiger partial charge in [0.05, 0.1) is 20.1 Å². The molecular weight excluding hydrogens is 374 g/mol. The third-order valence-electron chi connectivity index (χ3n) is 3.03. The van der Waals surface area contributed by atoms with Crippen molar-refractivity contribution in [2.45, 2.75) is 11.4 Å². The topological polar surface area (TPSA) is 75.4 Å². The zero-order valence-corrected chi connectivity index (χ0v) is 14.8. The van der Waals surface area contributed by atoms with Crippen molar-refractivity contribution in [3.63, 3.8) is 0 Å². The van der Waals surface area contributed by atoms with Crippen LogP contribution in [0.4, 0.5) is 11.4 Å². The Morgan fingerprint density at radius 2 is 2.10 bits per heavy atom. The van der Waals surface area contributed by atoms with Crippen LogP contribution in [0.5, 0.6) is 0 Å². The van der Waals surface area contributed by atoms with E-state index in [-0.39, 0.29) is 4.90 Å². The lowest BCUT2D eigenvalue weighted by Gasteiger charge is -2.21. The molecule has 0 saturated heterocycles. The maximum atomic E-state index is 11.9. The van der Waals surface area contributed by atoms with Crippen LogP contribution in [-0.2, 0) is 16.6 Å². The smallest absolute Gasteiger partial charge is 0.240 e. The number of hydrogen-bond acceptors (Lipinski definition) is 5. The number of thiophene rings is 1. The fraction of sp³-hybridized carbons (Fsp3) is 0.231. The first-order valence-corrected chi connectivity index (χ1v) is 9.26. The summed E-state index contributed by atoms with van der Waals surface area (Å²) in [6.45, 7) is 0.648. The second-order valence-corrected chi connectivity index (χ2v) is 8.72. The SMILES string of the molecule is CNS(=O)(=O)c1ccc(N)c(N(C)Cc2csc(Br)c2)c1. The van der Waals surface area contributed by atoms with Crippen LogP contribution in [-0.4, -0.2) is 22.5 Å². The van der Waals surface area contributed by atoms with E-state index >= 15 is 0 Å². The Kier molecular flexibility index (Phi) is 4.92. The van der Waals surface area contributed by atoms with E-state index in [2.05, 4.69) is 20.7 Å². The summed E-state index contributed by atoms with van der Waals surface area (Å²) in [6, 6.07) is 6.73. The molecule has 0 spiro atoms. The molecule has 5 nitrogen and oxygen atoms in total. The molecule has 1 heterocycles. The third-order valence-corrected chi connectivity index (χ3v) is 6.00. The largest absolute Gasteiger partial charge is 0.397 e. The molecule has 0 saturated carbocycles. The Morgan fingerprint density at radius 1 is 1.38 bits per heavy atom. The number of hydrogen-bond donors (Lipinski definition) is 2. The summed E-state index contributed by atoms with van der Waals surface area (Å²) < 4.78 is 27.1. The van der Waals surface area contributed by atoms with Gasteiger partial charge >= 0.3 is 0 Å². The number of nitrogens with one attached hydrogen (secondary N) is 1. The lowest BCUT2D eigenvalue weighted by molar-refractivity contribution is 0.588. The minimum Gasteiger partial charge on any atom is -0.397 e. The number of benzene rings is 1. The van der Waals surface area contributed by atoms with Gasteiger partial charge < -0.3 is 10.6 Å². The molecule has 8 heteroatoms.